The first-order valence-electron chi connectivity index (χ1n) is 12.5. The molecule has 2 heterocycles. The largest absolute Gasteiger partial charge is 0.447 e. The number of hydrogen-bond donors (Lipinski definition) is 3. The van der Waals surface area contributed by atoms with Crippen molar-refractivity contribution in [3.05, 3.63) is 58.9 Å². The Hall–Kier alpha value is -3.48. The minimum atomic E-state index is -0.715. The number of nitrogens with one attached hydrogen (secondary N) is 3. The normalized spacial score (nSPS) is 14.1. The molecule has 0 bridgehead atoms. The Kier molecular flexibility index (Phi) is 9.90. The molecule has 0 aliphatic carbocycles. The maximum atomic E-state index is 13.8. The van der Waals surface area contributed by atoms with Crippen LogP contribution in [0.1, 0.15) is 18.4 Å². The number of nitrogens with zero attached hydrogens (tertiary/aromatic N) is 3. The van der Waals surface area contributed by atoms with Crippen molar-refractivity contribution in [2.24, 2.45) is 0 Å². The standard InChI is InChI=1S/C26H30ClFN6O4S/c1-33(25(36)30-15-17-5-4-6-19(28)23(17)27)18(9-10-22(35)34-13-11-29-12-14-34)16-38-26(37)32-24-31-20-7-2-3-8-21(20)39-24/h2-8,18,29H,9-16H2,1H3,(H,30,36)(H,31,32,37)/t18-/m0/s1. The first kappa shape index (κ1) is 28.5. The number of likely N-dealkylation sites (N-methyl/N-ethyl adjacent to an activating group) is 1. The third-order valence-corrected chi connectivity index (χ3v) is 7.78. The third kappa shape index (κ3) is 7.78. The second-order valence-corrected chi connectivity index (χ2v) is 10.4. The number of urea groups is 1. The van der Waals surface area contributed by atoms with E-state index in [1.807, 2.05) is 24.3 Å². The van der Waals surface area contributed by atoms with Gasteiger partial charge in [0.1, 0.15) is 12.4 Å². The molecule has 1 aliphatic rings. The number of anilines is 1. The molecule has 0 saturated carbocycles. The molecule has 1 fully saturated rings. The fraction of sp³-hybridized carbons (Fsp3) is 0.385. The maximum absolute atomic E-state index is 13.8. The number of rotatable bonds is 9. The van der Waals surface area contributed by atoms with Gasteiger partial charge in [-0.05, 0) is 30.2 Å². The molecule has 39 heavy (non-hydrogen) atoms. The van der Waals surface area contributed by atoms with Gasteiger partial charge in [-0.15, -0.1) is 0 Å². The van der Waals surface area contributed by atoms with Gasteiger partial charge in [-0.25, -0.2) is 19.0 Å². The summed E-state index contributed by atoms with van der Waals surface area (Å²) in [6.07, 6.45) is -0.254. The molecular weight excluding hydrogens is 547 g/mol. The minimum absolute atomic E-state index is 0.00510. The number of fused-ring (bicyclic) bond motifs is 1. The third-order valence-electron chi connectivity index (χ3n) is 6.40. The molecule has 1 atom stereocenters. The van der Waals surface area contributed by atoms with E-state index < -0.39 is 24.0 Å². The van der Waals surface area contributed by atoms with E-state index in [2.05, 4.69) is 20.9 Å². The summed E-state index contributed by atoms with van der Waals surface area (Å²) in [7, 11) is 1.55. The number of ether oxygens (including phenoxy) is 1. The van der Waals surface area contributed by atoms with Gasteiger partial charge >= 0.3 is 12.1 Å². The second-order valence-electron chi connectivity index (χ2n) is 9.02. The lowest BCUT2D eigenvalue weighted by molar-refractivity contribution is -0.132. The highest BCUT2D eigenvalue weighted by Gasteiger charge is 2.25. The van der Waals surface area contributed by atoms with Crippen molar-refractivity contribution in [1.29, 1.82) is 0 Å². The van der Waals surface area contributed by atoms with Crippen LogP contribution in [0.4, 0.5) is 19.1 Å². The Morgan fingerprint density at radius 3 is 2.74 bits per heavy atom. The summed E-state index contributed by atoms with van der Waals surface area (Å²) in [5.74, 6) is -0.602. The van der Waals surface area contributed by atoms with E-state index in [1.165, 1.54) is 28.4 Å². The zero-order chi connectivity index (χ0) is 27.8. The summed E-state index contributed by atoms with van der Waals surface area (Å²) < 4.78 is 20.1. The summed E-state index contributed by atoms with van der Waals surface area (Å²) in [6.45, 7) is 2.57. The van der Waals surface area contributed by atoms with Crippen molar-refractivity contribution in [3.8, 4) is 0 Å². The summed E-state index contributed by atoms with van der Waals surface area (Å²) in [4.78, 5) is 45.7. The van der Waals surface area contributed by atoms with Crippen molar-refractivity contribution in [2.45, 2.75) is 25.4 Å². The molecule has 4 rings (SSSR count). The van der Waals surface area contributed by atoms with Gasteiger partial charge in [0.05, 0.1) is 21.3 Å². The Labute approximate surface area is 234 Å². The lowest BCUT2D eigenvalue weighted by Crippen LogP contribution is -2.48. The van der Waals surface area contributed by atoms with Gasteiger partial charge in [0.2, 0.25) is 5.91 Å². The van der Waals surface area contributed by atoms with Crippen molar-refractivity contribution < 1.29 is 23.5 Å². The SMILES string of the molecule is CN(C(=O)NCc1cccc(F)c1Cl)[C@@H](CCC(=O)N1CCNCC1)COC(=O)Nc1nc2ccccc2s1. The molecule has 1 aliphatic heterocycles. The van der Waals surface area contributed by atoms with E-state index >= 15 is 0 Å². The lowest BCUT2D eigenvalue weighted by atomic mass is 10.1. The lowest BCUT2D eigenvalue weighted by Gasteiger charge is -2.30. The predicted octanol–water partition coefficient (Wildman–Crippen LogP) is 4.06. The molecule has 2 aromatic carbocycles. The van der Waals surface area contributed by atoms with Crippen LogP contribution in [0.2, 0.25) is 5.02 Å². The first-order chi connectivity index (χ1) is 18.8. The van der Waals surface area contributed by atoms with Crippen LogP contribution in [0.5, 0.6) is 0 Å². The summed E-state index contributed by atoms with van der Waals surface area (Å²) in [5, 5.41) is 8.87. The predicted molar refractivity (Wildman–Crippen MR) is 148 cm³/mol. The molecule has 13 heteroatoms. The Morgan fingerprint density at radius 1 is 1.21 bits per heavy atom. The van der Waals surface area contributed by atoms with Gasteiger partial charge in [-0.1, -0.05) is 47.2 Å². The number of benzene rings is 2. The quantitative estimate of drug-likeness (QED) is 0.354. The fourth-order valence-electron chi connectivity index (χ4n) is 4.12. The van der Waals surface area contributed by atoms with Gasteiger partial charge in [-0.3, -0.25) is 10.1 Å². The van der Waals surface area contributed by atoms with Crippen LogP contribution >= 0.6 is 22.9 Å². The number of para-hydroxylation sites is 1. The topological polar surface area (TPSA) is 116 Å². The molecule has 3 aromatic rings. The van der Waals surface area contributed by atoms with Crippen LogP contribution in [0, 0.1) is 5.82 Å². The van der Waals surface area contributed by atoms with Crippen LogP contribution in [0.3, 0.4) is 0 Å². The number of thiazole rings is 1. The molecule has 0 radical (unpaired) electrons. The maximum Gasteiger partial charge on any atom is 0.413 e. The molecule has 1 aromatic heterocycles. The van der Waals surface area contributed by atoms with E-state index in [4.69, 9.17) is 16.3 Å². The van der Waals surface area contributed by atoms with Crippen LogP contribution in [0.15, 0.2) is 42.5 Å². The van der Waals surface area contributed by atoms with Crippen LogP contribution in [-0.4, -0.2) is 78.7 Å². The number of carbonyl (C=O) groups excluding carboxylic acids is 3. The number of aromatic nitrogens is 1. The Morgan fingerprint density at radius 2 is 1.97 bits per heavy atom. The van der Waals surface area contributed by atoms with E-state index in [0.29, 0.717) is 23.8 Å². The fourth-order valence-corrected chi connectivity index (χ4v) is 5.16. The Balaban J connectivity index is 1.36. The van der Waals surface area contributed by atoms with Gasteiger partial charge in [0.15, 0.2) is 5.13 Å². The van der Waals surface area contributed by atoms with Gasteiger partial charge < -0.3 is 25.2 Å². The number of piperazine rings is 1. The summed E-state index contributed by atoms with van der Waals surface area (Å²) in [5.41, 5.74) is 1.19. The minimum Gasteiger partial charge on any atom is -0.447 e. The highest BCUT2D eigenvalue weighted by atomic mass is 35.5. The molecule has 3 N–H and O–H groups in total. The van der Waals surface area contributed by atoms with E-state index in [0.717, 1.165) is 23.3 Å². The number of hydrogen-bond acceptors (Lipinski definition) is 7. The average Bonchev–Trinajstić information content (AvgIpc) is 3.36. The first-order valence-corrected chi connectivity index (χ1v) is 13.7. The van der Waals surface area contributed by atoms with Crippen LogP contribution in [0.25, 0.3) is 10.2 Å². The molecule has 1 saturated heterocycles. The molecular formula is C26H30ClFN6O4S. The van der Waals surface area contributed by atoms with E-state index in [1.54, 1.807) is 18.0 Å². The van der Waals surface area contributed by atoms with Crippen LogP contribution < -0.4 is 16.0 Å². The molecule has 10 nitrogen and oxygen atoms in total. The van der Waals surface area contributed by atoms with E-state index in [9.17, 15) is 18.8 Å². The number of halogens is 2. The molecule has 208 valence electrons. The van der Waals surface area contributed by atoms with Crippen molar-refractivity contribution in [2.75, 3.05) is 45.2 Å². The van der Waals surface area contributed by atoms with Crippen molar-refractivity contribution in [1.82, 2.24) is 25.4 Å². The van der Waals surface area contributed by atoms with Crippen molar-refractivity contribution in [3.63, 3.8) is 0 Å². The highest BCUT2D eigenvalue weighted by molar-refractivity contribution is 7.22. The molecule has 4 amide bonds. The summed E-state index contributed by atoms with van der Waals surface area (Å²) in [6, 6.07) is 10.8. The van der Waals surface area contributed by atoms with Crippen molar-refractivity contribution >= 4 is 56.3 Å². The number of carbonyl (C=O) groups is 3. The molecule has 0 unspecified atom stereocenters. The average molecular weight is 577 g/mol. The van der Waals surface area contributed by atoms with Gasteiger partial charge in [-0.2, -0.15) is 0 Å². The van der Waals surface area contributed by atoms with E-state index in [-0.39, 0.29) is 36.9 Å². The second kappa shape index (κ2) is 13.5. The van der Waals surface area contributed by atoms with Crippen LogP contribution in [-0.2, 0) is 16.1 Å². The zero-order valence-electron chi connectivity index (χ0n) is 21.4. The zero-order valence-corrected chi connectivity index (χ0v) is 23.0. The van der Waals surface area contributed by atoms with Gasteiger partial charge in [0, 0.05) is 46.2 Å². The monoisotopic (exact) mass is 576 g/mol. The smallest absolute Gasteiger partial charge is 0.413 e. The molecule has 0 spiro atoms. The highest BCUT2D eigenvalue weighted by Crippen LogP contribution is 2.25. The van der Waals surface area contributed by atoms with Gasteiger partial charge in [0.25, 0.3) is 0 Å². The Bertz CT molecular complexity index is 1290. The summed E-state index contributed by atoms with van der Waals surface area (Å²) >= 11 is 7.32. The number of amides is 4.